The molecule has 0 bridgehead atoms. The van der Waals surface area contributed by atoms with E-state index in [9.17, 15) is 5.11 Å². The van der Waals surface area contributed by atoms with Crippen LogP contribution in [-0.4, -0.2) is 24.2 Å². The Kier molecular flexibility index (Phi) is 4.37. The van der Waals surface area contributed by atoms with Crippen molar-refractivity contribution in [2.75, 3.05) is 12.5 Å². The summed E-state index contributed by atoms with van der Waals surface area (Å²) in [5.41, 5.74) is 0.883. The zero-order valence-electron chi connectivity index (χ0n) is 9.10. The fourth-order valence-corrected chi connectivity index (χ4v) is 1.54. The summed E-state index contributed by atoms with van der Waals surface area (Å²) in [6.07, 6.45) is 3.97. The molecule has 1 rings (SSSR count). The Morgan fingerprint density at radius 1 is 1.20 bits per heavy atom. The van der Waals surface area contributed by atoms with E-state index in [2.05, 4.69) is 9.39 Å². The molecule has 15 heavy (non-hydrogen) atoms. The van der Waals surface area contributed by atoms with E-state index in [-0.39, 0.29) is 17.0 Å². The van der Waals surface area contributed by atoms with Gasteiger partial charge in [-0.3, -0.25) is 0 Å². The highest BCUT2D eigenvalue weighted by molar-refractivity contribution is 7.94. The normalized spacial score (nSPS) is 13.3. The lowest BCUT2D eigenvalue weighted by Gasteiger charge is -2.04. The molecule has 0 atom stereocenters. The molecule has 0 N–H and O–H groups in total. The largest absolute Gasteiger partial charge is 0.862 e. The van der Waals surface area contributed by atoms with Gasteiger partial charge in [-0.05, 0) is 17.2 Å². The summed E-state index contributed by atoms with van der Waals surface area (Å²) in [6, 6.07) is 9.54. The van der Waals surface area contributed by atoms with Crippen LogP contribution in [0.3, 0.4) is 0 Å². The van der Waals surface area contributed by atoms with Crippen LogP contribution in [0.5, 0.6) is 0 Å². The Labute approximate surface area is 93.1 Å². The molecular weight excluding hydrogens is 208 g/mol. The van der Waals surface area contributed by atoms with Crippen LogP contribution in [0.15, 0.2) is 39.7 Å². The van der Waals surface area contributed by atoms with E-state index in [1.165, 1.54) is 6.92 Å². The van der Waals surface area contributed by atoms with Gasteiger partial charge in [-0.25, -0.2) is 4.99 Å². The first-order valence-corrected chi connectivity index (χ1v) is 6.53. The van der Waals surface area contributed by atoms with Crippen molar-refractivity contribution in [2.24, 2.45) is 9.39 Å². The molecule has 0 unspecified atom stereocenters. The van der Waals surface area contributed by atoms with Gasteiger partial charge in [-0.2, -0.15) is 0 Å². The van der Waals surface area contributed by atoms with E-state index in [4.69, 9.17) is 0 Å². The monoisotopic (exact) mass is 222 g/mol. The molecule has 0 saturated heterocycles. The summed E-state index contributed by atoms with van der Waals surface area (Å²) in [4.78, 5) is 3.91. The lowest BCUT2D eigenvalue weighted by atomic mass is 10.2. The fourth-order valence-electron chi connectivity index (χ4n) is 1.05. The molecule has 0 saturated carbocycles. The molecule has 0 radical (unpaired) electrons. The van der Waals surface area contributed by atoms with Crippen LogP contribution in [0, 0.1) is 0 Å². The molecule has 0 fully saturated rings. The summed E-state index contributed by atoms with van der Waals surface area (Å²) < 4.78 is 4.34. The SMILES string of the molecule is CC([O-])=N/C(=N/[S+](C)C)c1ccccc1. The van der Waals surface area contributed by atoms with Crippen molar-refractivity contribution in [1.82, 2.24) is 0 Å². The first kappa shape index (κ1) is 11.8. The van der Waals surface area contributed by atoms with Crippen LogP contribution in [0.2, 0.25) is 0 Å². The quantitative estimate of drug-likeness (QED) is 0.418. The highest BCUT2D eigenvalue weighted by Crippen LogP contribution is 2.04. The minimum atomic E-state index is -0.219. The Balaban J connectivity index is 3.08. The van der Waals surface area contributed by atoms with Gasteiger partial charge in [0.05, 0.1) is 0 Å². The summed E-state index contributed by atoms with van der Waals surface area (Å²) in [6.45, 7) is 1.43. The van der Waals surface area contributed by atoms with Gasteiger partial charge in [-0.15, -0.1) is 0 Å². The van der Waals surface area contributed by atoms with Crippen LogP contribution in [0.25, 0.3) is 0 Å². The standard InChI is InChI=1S/C11H14N2OS/c1-9(14)12-11(13-15(2)3)10-7-5-4-6-8-10/h4-8H,1-3H3. The third-order valence-corrected chi connectivity index (χ3v) is 2.10. The fraction of sp³-hybridized carbons (Fsp3) is 0.273. The Hall–Kier alpha value is -1.29. The number of hydrogen-bond donors (Lipinski definition) is 0. The highest BCUT2D eigenvalue weighted by atomic mass is 32.2. The van der Waals surface area contributed by atoms with Gasteiger partial charge in [0.1, 0.15) is 23.6 Å². The second-order valence-electron chi connectivity index (χ2n) is 3.19. The maximum Gasteiger partial charge on any atom is 0.209 e. The third-order valence-electron chi connectivity index (χ3n) is 1.56. The van der Waals surface area contributed by atoms with Gasteiger partial charge < -0.3 is 5.11 Å². The molecule has 0 spiro atoms. The summed E-state index contributed by atoms with van der Waals surface area (Å²) >= 11 is -0.121. The van der Waals surface area contributed by atoms with Crippen molar-refractivity contribution in [3.8, 4) is 0 Å². The van der Waals surface area contributed by atoms with Crippen LogP contribution < -0.4 is 5.11 Å². The maximum absolute atomic E-state index is 11.0. The molecule has 4 heteroatoms. The molecule has 0 aliphatic carbocycles. The topological polar surface area (TPSA) is 47.8 Å². The summed E-state index contributed by atoms with van der Waals surface area (Å²) in [5.74, 6) is 0.305. The van der Waals surface area contributed by atoms with Crippen molar-refractivity contribution in [1.29, 1.82) is 0 Å². The Bertz CT molecular complexity index is 367. The number of hydrogen-bond acceptors (Lipinski definition) is 2. The Morgan fingerprint density at radius 3 is 2.27 bits per heavy atom. The van der Waals surface area contributed by atoms with Crippen LogP contribution in [0.4, 0.5) is 0 Å². The average Bonchev–Trinajstić information content (AvgIpc) is 2.17. The molecule has 3 nitrogen and oxygen atoms in total. The number of benzene rings is 1. The molecule has 0 aliphatic heterocycles. The van der Waals surface area contributed by atoms with Gasteiger partial charge in [0.15, 0.2) is 0 Å². The van der Waals surface area contributed by atoms with Crippen molar-refractivity contribution in [2.45, 2.75) is 6.92 Å². The highest BCUT2D eigenvalue weighted by Gasteiger charge is 2.06. The van der Waals surface area contributed by atoms with E-state index in [1.807, 2.05) is 42.8 Å². The van der Waals surface area contributed by atoms with Gasteiger partial charge >= 0.3 is 0 Å². The lowest BCUT2D eigenvalue weighted by molar-refractivity contribution is -0.215. The molecule has 0 heterocycles. The zero-order chi connectivity index (χ0) is 11.3. The number of nitrogens with zero attached hydrogens (tertiary/aromatic N) is 2. The Morgan fingerprint density at radius 2 is 1.80 bits per heavy atom. The van der Waals surface area contributed by atoms with Gasteiger partial charge in [-0.1, -0.05) is 30.3 Å². The van der Waals surface area contributed by atoms with Crippen LogP contribution in [0.1, 0.15) is 12.5 Å². The van der Waals surface area contributed by atoms with E-state index >= 15 is 0 Å². The van der Waals surface area contributed by atoms with Gasteiger partial charge in [0.2, 0.25) is 5.84 Å². The number of amidine groups is 1. The van der Waals surface area contributed by atoms with Gasteiger partial charge in [0.25, 0.3) is 0 Å². The maximum atomic E-state index is 11.0. The average molecular weight is 222 g/mol. The minimum Gasteiger partial charge on any atom is -0.862 e. The molecular formula is C11H14N2OS. The number of aliphatic imine (C=N–C) groups is 1. The number of rotatable bonds is 2. The van der Waals surface area contributed by atoms with E-state index in [1.54, 1.807) is 0 Å². The first-order valence-electron chi connectivity index (χ1n) is 4.53. The van der Waals surface area contributed by atoms with Gasteiger partial charge in [0, 0.05) is 5.56 Å². The smallest absolute Gasteiger partial charge is 0.209 e. The lowest BCUT2D eigenvalue weighted by Crippen LogP contribution is -2.15. The molecule has 1 aromatic rings. The molecule has 80 valence electrons. The van der Waals surface area contributed by atoms with E-state index in [0.29, 0.717) is 5.84 Å². The third kappa shape index (κ3) is 4.16. The predicted octanol–water partition coefficient (Wildman–Crippen LogP) is 1.00. The summed E-state index contributed by atoms with van der Waals surface area (Å²) in [5, 5.41) is 11.0. The van der Waals surface area contributed by atoms with Crippen LogP contribution >= 0.6 is 0 Å². The second kappa shape index (κ2) is 5.56. The predicted molar refractivity (Wildman–Crippen MR) is 65.3 cm³/mol. The first-order chi connectivity index (χ1) is 7.09. The van der Waals surface area contributed by atoms with Crippen molar-refractivity contribution < 1.29 is 5.11 Å². The van der Waals surface area contributed by atoms with Crippen molar-refractivity contribution in [3.63, 3.8) is 0 Å². The minimum absolute atomic E-state index is 0.121. The summed E-state index contributed by atoms with van der Waals surface area (Å²) in [7, 11) is 0. The van der Waals surface area contributed by atoms with Crippen molar-refractivity contribution in [3.05, 3.63) is 35.9 Å². The van der Waals surface area contributed by atoms with Crippen LogP contribution in [-0.2, 0) is 11.1 Å². The van der Waals surface area contributed by atoms with Crippen molar-refractivity contribution >= 4 is 22.8 Å². The zero-order valence-corrected chi connectivity index (χ0v) is 9.91. The molecule has 1 aromatic carbocycles. The second-order valence-corrected chi connectivity index (χ2v) is 4.91. The molecule has 0 amide bonds. The van der Waals surface area contributed by atoms with E-state index in [0.717, 1.165) is 5.56 Å². The molecule has 0 aromatic heterocycles. The van der Waals surface area contributed by atoms with E-state index < -0.39 is 0 Å². The molecule has 0 aliphatic rings.